The number of hydrogen-bond acceptors (Lipinski definition) is 3. The number of carbonyl (C=O) groups excluding carboxylic acids is 1. The summed E-state index contributed by atoms with van der Waals surface area (Å²) in [6.07, 6.45) is 2.62. The van der Waals surface area contributed by atoms with Gasteiger partial charge in [-0.2, -0.15) is 0 Å². The minimum Gasteiger partial charge on any atom is -0.312 e. The standard InChI is InChI=1S/C17H24N2O3S/c1-17(2)11-14(17)16(20)19-9-5-6-12-10-13(7-8-15(12)19)23(21,22)18(3)4/h7-8,10,14H,5-6,9,11H2,1-4H3. The summed E-state index contributed by atoms with van der Waals surface area (Å²) in [7, 11) is -0.386. The molecule has 0 aromatic heterocycles. The molecule has 23 heavy (non-hydrogen) atoms. The van der Waals surface area contributed by atoms with E-state index >= 15 is 0 Å². The summed E-state index contributed by atoms with van der Waals surface area (Å²) in [5, 5.41) is 0. The minimum absolute atomic E-state index is 0.0960. The summed E-state index contributed by atoms with van der Waals surface area (Å²) in [6.45, 7) is 4.96. The zero-order valence-electron chi connectivity index (χ0n) is 14.2. The Balaban J connectivity index is 1.94. The summed E-state index contributed by atoms with van der Waals surface area (Å²) >= 11 is 0. The fourth-order valence-corrected chi connectivity index (χ4v) is 4.20. The highest BCUT2D eigenvalue weighted by atomic mass is 32.2. The molecule has 1 unspecified atom stereocenters. The van der Waals surface area contributed by atoms with Crippen molar-refractivity contribution in [2.45, 2.75) is 38.0 Å². The fourth-order valence-electron chi connectivity index (χ4n) is 3.25. The van der Waals surface area contributed by atoms with Crippen LogP contribution in [0.25, 0.3) is 0 Å². The molecule has 1 atom stereocenters. The van der Waals surface area contributed by atoms with E-state index in [1.165, 1.54) is 18.4 Å². The zero-order valence-corrected chi connectivity index (χ0v) is 15.0. The van der Waals surface area contributed by atoms with Crippen molar-refractivity contribution in [3.8, 4) is 0 Å². The van der Waals surface area contributed by atoms with Gasteiger partial charge in [-0.3, -0.25) is 4.79 Å². The van der Waals surface area contributed by atoms with Crippen molar-refractivity contribution < 1.29 is 13.2 Å². The number of rotatable bonds is 3. The van der Waals surface area contributed by atoms with E-state index in [2.05, 4.69) is 13.8 Å². The van der Waals surface area contributed by atoms with Gasteiger partial charge in [0.2, 0.25) is 15.9 Å². The van der Waals surface area contributed by atoms with Crippen LogP contribution in [0.3, 0.4) is 0 Å². The van der Waals surface area contributed by atoms with E-state index in [4.69, 9.17) is 0 Å². The Hall–Kier alpha value is -1.40. The monoisotopic (exact) mass is 336 g/mol. The lowest BCUT2D eigenvalue weighted by molar-refractivity contribution is -0.120. The van der Waals surface area contributed by atoms with Gasteiger partial charge in [0.25, 0.3) is 0 Å². The van der Waals surface area contributed by atoms with Crippen LogP contribution in [-0.4, -0.2) is 39.3 Å². The molecule has 1 aromatic rings. The Morgan fingerprint density at radius 1 is 1.30 bits per heavy atom. The van der Waals surface area contributed by atoms with Gasteiger partial charge < -0.3 is 4.90 Å². The van der Waals surface area contributed by atoms with Gasteiger partial charge >= 0.3 is 0 Å². The number of benzene rings is 1. The first-order chi connectivity index (χ1) is 10.6. The number of nitrogens with zero attached hydrogens (tertiary/aromatic N) is 2. The number of hydrogen-bond donors (Lipinski definition) is 0. The molecule has 1 saturated carbocycles. The molecule has 126 valence electrons. The van der Waals surface area contributed by atoms with Crippen LogP contribution in [0, 0.1) is 11.3 Å². The Kier molecular flexibility index (Phi) is 3.80. The third-order valence-electron chi connectivity index (χ3n) is 5.03. The second-order valence-corrected chi connectivity index (χ2v) is 9.57. The molecule has 3 rings (SSSR count). The smallest absolute Gasteiger partial charge is 0.242 e. The normalized spacial score (nSPS) is 22.8. The molecule has 0 radical (unpaired) electrons. The lowest BCUT2D eigenvalue weighted by atomic mass is 10.0. The van der Waals surface area contributed by atoms with Crippen LogP contribution < -0.4 is 4.90 Å². The molecule has 1 aliphatic carbocycles. The highest BCUT2D eigenvalue weighted by Crippen LogP contribution is 2.53. The number of carbonyl (C=O) groups is 1. The van der Waals surface area contributed by atoms with E-state index in [0.717, 1.165) is 37.1 Å². The average Bonchev–Trinajstić information content (AvgIpc) is 3.13. The lowest BCUT2D eigenvalue weighted by Gasteiger charge is -2.30. The molecule has 1 aromatic carbocycles. The molecule has 6 heteroatoms. The molecule has 1 fully saturated rings. The van der Waals surface area contributed by atoms with E-state index < -0.39 is 10.0 Å². The van der Waals surface area contributed by atoms with Gasteiger partial charge in [0.15, 0.2) is 0 Å². The van der Waals surface area contributed by atoms with Gasteiger partial charge in [-0.15, -0.1) is 0 Å². The quantitative estimate of drug-likeness (QED) is 0.851. The van der Waals surface area contributed by atoms with Crippen LogP contribution >= 0.6 is 0 Å². The van der Waals surface area contributed by atoms with Gasteiger partial charge in [-0.1, -0.05) is 13.8 Å². The van der Waals surface area contributed by atoms with Gasteiger partial charge in [0.1, 0.15) is 0 Å². The van der Waals surface area contributed by atoms with Crippen molar-refractivity contribution in [1.29, 1.82) is 0 Å². The van der Waals surface area contributed by atoms with E-state index in [1.807, 2.05) is 4.90 Å². The van der Waals surface area contributed by atoms with E-state index in [1.54, 1.807) is 18.2 Å². The predicted molar refractivity (Wildman–Crippen MR) is 89.9 cm³/mol. The van der Waals surface area contributed by atoms with Crippen LogP contribution in [0.1, 0.15) is 32.3 Å². The highest BCUT2D eigenvalue weighted by Gasteiger charge is 2.52. The van der Waals surface area contributed by atoms with Gasteiger partial charge in [0, 0.05) is 32.2 Å². The first-order valence-corrected chi connectivity index (χ1v) is 9.45. The van der Waals surface area contributed by atoms with Crippen molar-refractivity contribution in [1.82, 2.24) is 4.31 Å². The molecular formula is C17H24N2O3S. The molecule has 0 spiro atoms. The average molecular weight is 336 g/mol. The van der Waals surface area contributed by atoms with E-state index in [9.17, 15) is 13.2 Å². The highest BCUT2D eigenvalue weighted by molar-refractivity contribution is 7.89. The Morgan fingerprint density at radius 3 is 2.52 bits per heavy atom. The van der Waals surface area contributed by atoms with Crippen LogP contribution in [-0.2, 0) is 21.2 Å². The molecule has 1 heterocycles. The molecule has 5 nitrogen and oxygen atoms in total. The number of anilines is 1. The van der Waals surface area contributed by atoms with Crippen molar-refractivity contribution >= 4 is 21.6 Å². The molecule has 2 aliphatic rings. The lowest BCUT2D eigenvalue weighted by Crippen LogP contribution is -2.37. The van der Waals surface area contributed by atoms with Crippen molar-refractivity contribution in [2.24, 2.45) is 11.3 Å². The van der Waals surface area contributed by atoms with Crippen LogP contribution in [0.15, 0.2) is 23.1 Å². The number of sulfonamides is 1. The summed E-state index contributed by atoms with van der Waals surface area (Å²) in [6, 6.07) is 5.12. The third-order valence-corrected chi connectivity index (χ3v) is 6.84. The van der Waals surface area contributed by atoms with E-state index in [0.29, 0.717) is 4.90 Å². The number of fused-ring (bicyclic) bond motifs is 1. The Bertz CT molecular complexity index is 753. The van der Waals surface area contributed by atoms with Crippen molar-refractivity contribution in [2.75, 3.05) is 25.5 Å². The Labute approximate surface area is 138 Å². The molecule has 0 N–H and O–H groups in total. The topological polar surface area (TPSA) is 57.7 Å². The Morgan fingerprint density at radius 2 is 1.96 bits per heavy atom. The predicted octanol–water partition coefficient (Wildman–Crippen LogP) is 2.26. The maximum absolute atomic E-state index is 12.7. The second kappa shape index (κ2) is 5.31. The third kappa shape index (κ3) is 2.78. The summed E-state index contributed by atoms with van der Waals surface area (Å²) in [5.41, 5.74) is 1.93. The van der Waals surface area contributed by atoms with Gasteiger partial charge in [-0.25, -0.2) is 12.7 Å². The molecule has 1 aliphatic heterocycles. The van der Waals surface area contributed by atoms with Gasteiger partial charge in [-0.05, 0) is 48.4 Å². The first-order valence-electron chi connectivity index (χ1n) is 8.01. The fraction of sp³-hybridized carbons (Fsp3) is 0.588. The maximum Gasteiger partial charge on any atom is 0.242 e. The summed E-state index contributed by atoms with van der Waals surface area (Å²) in [4.78, 5) is 14.9. The number of aryl methyl sites for hydroxylation is 1. The van der Waals surface area contributed by atoms with Gasteiger partial charge in [0.05, 0.1) is 4.90 Å². The second-order valence-electron chi connectivity index (χ2n) is 7.42. The van der Waals surface area contributed by atoms with Crippen LogP contribution in [0.4, 0.5) is 5.69 Å². The number of amides is 1. The molecule has 1 amide bonds. The SMILES string of the molecule is CN(C)S(=O)(=O)c1ccc2c(c1)CCCN2C(=O)C1CC1(C)C. The largest absolute Gasteiger partial charge is 0.312 e. The first kappa shape index (κ1) is 16.5. The van der Waals surface area contributed by atoms with Crippen LogP contribution in [0.5, 0.6) is 0 Å². The van der Waals surface area contributed by atoms with E-state index in [-0.39, 0.29) is 17.2 Å². The summed E-state index contributed by atoms with van der Waals surface area (Å²) in [5.74, 6) is 0.276. The molecule has 0 saturated heterocycles. The zero-order chi connectivity index (χ0) is 17.0. The molecule has 0 bridgehead atoms. The van der Waals surface area contributed by atoms with Crippen molar-refractivity contribution in [3.05, 3.63) is 23.8 Å². The van der Waals surface area contributed by atoms with Crippen LogP contribution in [0.2, 0.25) is 0 Å². The maximum atomic E-state index is 12.7. The van der Waals surface area contributed by atoms with Crippen molar-refractivity contribution in [3.63, 3.8) is 0 Å². The summed E-state index contributed by atoms with van der Waals surface area (Å²) < 4.78 is 25.8. The minimum atomic E-state index is -3.44. The molecular weight excluding hydrogens is 312 g/mol.